The van der Waals surface area contributed by atoms with Crippen LogP contribution in [0.4, 0.5) is 0 Å². The number of rotatable bonds is 4. The fraction of sp³-hybridized carbons (Fsp3) is 0.409. The Hall–Kier alpha value is -2.69. The van der Waals surface area contributed by atoms with E-state index >= 15 is 0 Å². The zero-order valence-electron chi connectivity index (χ0n) is 16.1. The maximum atomic E-state index is 12.5. The molecule has 1 atom stereocenters. The van der Waals surface area contributed by atoms with Gasteiger partial charge in [-0.3, -0.25) is 9.78 Å². The number of likely N-dealkylation sites (tertiary alicyclic amines) is 1. The van der Waals surface area contributed by atoms with Crippen molar-refractivity contribution in [1.82, 2.24) is 9.88 Å². The molecule has 1 N–H and O–H groups in total. The topological polar surface area (TPSA) is 70.5 Å². The van der Waals surface area contributed by atoms with Gasteiger partial charge in [0.15, 0.2) is 0 Å². The maximum absolute atomic E-state index is 12.5. The molecule has 1 saturated heterocycles. The van der Waals surface area contributed by atoms with Crippen molar-refractivity contribution in [3.8, 4) is 11.3 Å². The van der Waals surface area contributed by atoms with Gasteiger partial charge < -0.3 is 10.0 Å². The average Bonchev–Trinajstić information content (AvgIpc) is 3.09. The predicted octanol–water partition coefficient (Wildman–Crippen LogP) is 3.88. The number of nitrogens with zero attached hydrogens (tertiary/aromatic N) is 2. The Balaban J connectivity index is 1.71. The lowest BCUT2D eigenvalue weighted by Crippen LogP contribution is -2.38. The maximum Gasteiger partial charge on any atom is 0.335 e. The van der Waals surface area contributed by atoms with Crippen LogP contribution in [-0.4, -0.2) is 40.0 Å². The highest BCUT2D eigenvalue weighted by Gasteiger charge is 2.32. The van der Waals surface area contributed by atoms with Gasteiger partial charge in [-0.25, -0.2) is 4.79 Å². The molecule has 2 heterocycles. The Morgan fingerprint density at radius 1 is 1.19 bits per heavy atom. The number of hydrogen-bond acceptors (Lipinski definition) is 3. The third-order valence-electron chi connectivity index (χ3n) is 4.92. The zero-order chi connectivity index (χ0) is 19.6. The normalized spacial score (nSPS) is 17.1. The SMILES string of the molecule is CC(C)(C)C(=O)N1CCC(Cc2cccc(-c3cccc(C(=O)O)c3)n2)C1. The summed E-state index contributed by atoms with van der Waals surface area (Å²) in [7, 11) is 0. The van der Waals surface area contributed by atoms with Crippen molar-refractivity contribution < 1.29 is 14.7 Å². The van der Waals surface area contributed by atoms with E-state index in [-0.39, 0.29) is 16.9 Å². The van der Waals surface area contributed by atoms with E-state index in [0.717, 1.165) is 42.9 Å². The molecule has 2 aromatic rings. The molecule has 1 unspecified atom stereocenters. The van der Waals surface area contributed by atoms with E-state index < -0.39 is 5.97 Å². The van der Waals surface area contributed by atoms with Crippen molar-refractivity contribution in [1.29, 1.82) is 0 Å². The van der Waals surface area contributed by atoms with Gasteiger partial charge >= 0.3 is 5.97 Å². The number of amides is 1. The zero-order valence-corrected chi connectivity index (χ0v) is 16.1. The number of pyridine rings is 1. The van der Waals surface area contributed by atoms with Gasteiger partial charge in [-0.15, -0.1) is 0 Å². The van der Waals surface area contributed by atoms with Crippen LogP contribution in [0.3, 0.4) is 0 Å². The molecule has 1 fully saturated rings. The predicted molar refractivity (Wildman–Crippen MR) is 104 cm³/mol. The number of carbonyl (C=O) groups is 2. The van der Waals surface area contributed by atoms with Crippen molar-refractivity contribution in [2.75, 3.05) is 13.1 Å². The fourth-order valence-corrected chi connectivity index (χ4v) is 3.52. The second-order valence-electron chi connectivity index (χ2n) is 8.26. The molecular formula is C22H26N2O3. The minimum absolute atomic E-state index is 0.206. The van der Waals surface area contributed by atoms with Crippen LogP contribution in [0.25, 0.3) is 11.3 Å². The summed E-state index contributed by atoms with van der Waals surface area (Å²) in [6, 6.07) is 12.7. The molecule has 1 aromatic heterocycles. The largest absolute Gasteiger partial charge is 0.478 e. The van der Waals surface area contributed by atoms with E-state index in [4.69, 9.17) is 4.98 Å². The van der Waals surface area contributed by atoms with Gasteiger partial charge in [-0.05, 0) is 43.0 Å². The first-order valence-electron chi connectivity index (χ1n) is 9.33. The van der Waals surface area contributed by atoms with Crippen LogP contribution >= 0.6 is 0 Å². The molecule has 0 spiro atoms. The summed E-state index contributed by atoms with van der Waals surface area (Å²) in [5.41, 5.74) is 2.46. The molecule has 142 valence electrons. The fourth-order valence-electron chi connectivity index (χ4n) is 3.52. The number of benzene rings is 1. The van der Waals surface area contributed by atoms with Crippen molar-refractivity contribution in [2.45, 2.75) is 33.6 Å². The third-order valence-corrected chi connectivity index (χ3v) is 4.92. The van der Waals surface area contributed by atoms with Gasteiger partial charge in [0.25, 0.3) is 0 Å². The second kappa shape index (κ2) is 7.51. The van der Waals surface area contributed by atoms with Gasteiger partial charge in [-0.2, -0.15) is 0 Å². The molecule has 0 aliphatic carbocycles. The molecule has 0 saturated carbocycles. The summed E-state index contributed by atoms with van der Waals surface area (Å²) in [5, 5.41) is 9.17. The van der Waals surface area contributed by atoms with Gasteiger partial charge in [0.1, 0.15) is 0 Å². The Bertz CT molecular complexity index is 855. The molecular weight excluding hydrogens is 340 g/mol. The molecule has 1 amide bonds. The van der Waals surface area contributed by atoms with E-state index in [9.17, 15) is 14.7 Å². The van der Waals surface area contributed by atoms with Gasteiger partial charge in [0, 0.05) is 29.8 Å². The molecule has 5 heteroatoms. The molecule has 0 radical (unpaired) electrons. The third kappa shape index (κ3) is 4.54. The monoisotopic (exact) mass is 366 g/mol. The molecule has 3 rings (SSSR count). The lowest BCUT2D eigenvalue weighted by Gasteiger charge is -2.25. The van der Waals surface area contributed by atoms with Crippen LogP contribution in [0.2, 0.25) is 0 Å². The minimum atomic E-state index is -0.942. The highest BCUT2D eigenvalue weighted by molar-refractivity contribution is 5.89. The van der Waals surface area contributed by atoms with Gasteiger partial charge in [-0.1, -0.05) is 39.0 Å². The minimum Gasteiger partial charge on any atom is -0.478 e. The van der Waals surface area contributed by atoms with Crippen LogP contribution in [0.1, 0.15) is 43.2 Å². The van der Waals surface area contributed by atoms with Crippen molar-refractivity contribution in [2.24, 2.45) is 11.3 Å². The molecule has 0 bridgehead atoms. The molecule has 5 nitrogen and oxygen atoms in total. The van der Waals surface area contributed by atoms with E-state index in [0.29, 0.717) is 5.92 Å². The van der Waals surface area contributed by atoms with E-state index in [1.54, 1.807) is 18.2 Å². The van der Waals surface area contributed by atoms with Crippen LogP contribution in [0, 0.1) is 11.3 Å². The molecule has 1 aliphatic rings. The number of carboxylic acids is 1. The Kier molecular flexibility index (Phi) is 5.31. The lowest BCUT2D eigenvalue weighted by atomic mass is 9.95. The number of aromatic nitrogens is 1. The highest BCUT2D eigenvalue weighted by atomic mass is 16.4. The van der Waals surface area contributed by atoms with E-state index in [1.165, 1.54) is 0 Å². The highest BCUT2D eigenvalue weighted by Crippen LogP contribution is 2.26. The summed E-state index contributed by atoms with van der Waals surface area (Å²) < 4.78 is 0. The first kappa shape index (κ1) is 19.1. The summed E-state index contributed by atoms with van der Waals surface area (Å²) in [6.07, 6.45) is 1.81. The first-order valence-corrected chi connectivity index (χ1v) is 9.33. The Morgan fingerprint density at radius 2 is 1.93 bits per heavy atom. The first-order chi connectivity index (χ1) is 12.7. The smallest absolute Gasteiger partial charge is 0.335 e. The average molecular weight is 366 g/mol. The number of carbonyl (C=O) groups excluding carboxylic acids is 1. The van der Waals surface area contributed by atoms with Crippen molar-refractivity contribution >= 4 is 11.9 Å². The van der Waals surface area contributed by atoms with Gasteiger partial charge in [0.05, 0.1) is 11.3 Å². The molecule has 27 heavy (non-hydrogen) atoms. The van der Waals surface area contributed by atoms with Gasteiger partial charge in [0.2, 0.25) is 5.91 Å². The van der Waals surface area contributed by atoms with E-state index in [1.807, 2.05) is 49.9 Å². The van der Waals surface area contributed by atoms with Crippen LogP contribution in [0.5, 0.6) is 0 Å². The summed E-state index contributed by atoms with van der Waals surface area (Å²) >= 11 is 0. The number of hydrogen-bond donors (Lipinski definition) is 1. The van der Waals surface area contributed by atoms with Crippen molar-refractivity contribution in [3.05, 3.63) is 53.7 Å². The molecule has 1 aromatic carbocycles. The van der Waals surface area contributed by atoms with Crippen molar-refractivity contribution in [3.63, 3.8) is 0 Å². The van der Waals surface area contributed by atoms with E-state index in [2.05, 4.69) is 0 Å². The molecule has 1 aliphatic heterocycles. The van der Waals surface area contributed by atoms with Crippen LogP contribution in [-0.2, 0) is 11.2 Å². The second-order valence-corrected chi connectivity index (χ2v) is 8.26. The Morgan fingerprint density at radius 3 is 2.63 bits per heavy atom. The number of carboxylic acid groups (broad SMARTS) is 1. The summed E-state index contributed by atoms with van der Waals surface area (Å²) in [4.78, 5) is 30.3. The lowest BCUT2D eigenvalue weighted by molar-refractivity contribution is -0.138. The quantitative estimate of drug-likeness (QED) is 0.891. The Labute approximate surface area is 160 Å². The van der Waals surface area contributed by atoms with Crippen LogP contribution < -0.4 is 0 Å². The summed E-state index contributed by atoms with van der Waals surface area (Å²) in [6.45, 7) is 7.45. The number of aromatic carboxylic acids is 1. The summed E-state index contributed by atoms with van der Waals surface area (Å²) in [5.74, 6) is -0.329. The van der Waals surface area contributed by atoms with Crippen LogP contribution in [0.15, 0.2) is 42.5 Å². The standard InChI is InChI=1S/C22H26N2O3/c1-22(2,3)21(27)24-11-10-15(14-24)12-18-8-5-9-19(23-18)16-6-4-7-17(13-16)20(25)26/h4-9,13,15H,10-12,14H2,1-3H3,(H,25,26).